The average molecular weight is 385 g/mol. The predicted octanol–water partition coefficient (Wildman–Crippen LogP) is 2.55. The number of methoxy groups -OCH3 is 2. The van der Waals surface area contributed by atoms with Crippen LogP contribution < -0.4 is 20.1 Å². The van der Waals surface area contributed by atoms with Crippen molar-refractivity contribution in [3.63, 3.8) is 0 Å². The highest BCUT2D eigenvalue weighted by molar-refractivity contribution is 5.94. The molecule has 0 heterocycles. The van der Waals surface area contributed by atoms with E-state index in [1.807, 2.05) is 60.5 Å². The third-order valence-electron chi connectivity index (χ3n) is 4.19. The van der Waals surface area contributed by atoms with E-state index in [1.54, 1.807) is 14.2 Å². The lowest BCUT2D eigenvalue weighted by molar-refractivity contribution is -0.120. The molecule has 7 nitrogen and oxygen atoms in total. The number of hydrogen-bond acceptors (Lipinski definition) is 5. The van der Waals surface area contributed by atoms with Crippen LogP contribution in [0.1, 0.15) is 17.5 Å². The Bertz CT molecular complexity index is 780. The number of hydrogen-bond donors (Lipinski definition) is 2. The second kappa shape index (κ2) is 10.9. The van der Waals surface area contributed by atoms with Crippen LogP contribution in [0.5, 0.6) is 11.5 Å². The number of rotatable bonds is 9. The zero-order valence-electron chi connectivity index (χ0n) is 16.5. The standard InChI is InChI=1S/C21H27N3O4/c1-24(15-17-10-7-11-18(27-2)20(17)28-3)13-12-19(25)23-21(26)22-14-16-8-5-4-6-9-16/h4-11H,12-15H2,1-3H3,(H2,22,23,25,26). The highest BCUT2D eigenvalue weighted by Gasteiger charge is 2.13. The Balaban J connectivity index is 1.75. The number of amides is 3. The molecule has 28 heavy (non-hydrogen) atoms. The molecule has 2 rings (SSSR count). The Morgan fingerprint density at radius 2 is 1.75 bits per heavy atom. The van der Waals surface area contributed by atoms with Crippen molar-refractivity contribution in [2.75, 3.05) is 27.8 Å². The lowest BCUT2D eigenvalue weighted by Crippen LogP contribution is -2.40. The van der Waals surface area contributed by atoms with Crippen molar-refractivity contribution in [3.05, 3.63) is 59.7 Å². The lowest BCUT2D eigenvalue weighted by atomic mass is 10.1. The number of carbonyl (C=O) groups is 2. The van der Waals surface area contributed by atoms with Crippen LogP contribution in [0.25, 0.3) is 0 Å². The van der Waals surface area contributed by atoms with Crippen LogP contribution in [0.4, 0.5) is 4.79 Å². The van der Waals surface area contributed by atoms with Crippen molar-refractivity contribution in [2.45, 2.75) is 19.5 Å². The molecule has 7 heteroatoms. The van der Waals surface area contributed by atoms with E-state index in [0.29, 0.717) is 31.1 Å². The Kier molecular flexibility index (Phi) is 8.30. The number of para-hydroxylation sites is 1. The van der Waals surface area contributed by atoms with Crippen LogP contribution in [-0.2, 0) is 17.9 Å². The molecule has 2 aromatic rings. The monoisotopic (exact) mass is 385 g/mol. The number of nitrogens with one attached hydrogen (secondary N) is 2. The fourth-order valence-corrected chi connectivity index (χ4v) is 2.75. The smallest absolute Gasteiger partial charge is 0.321 e. The molecule has 0 aliphatic carbocycles. The maximum Gasteiger partial charge on any atom is 0.321 e. The Labute approximate surface area is 165 Å². The van der Waals surface area contributed by atoms with E-state index in [2.05, 4.69) is 10.6 Å². The Hall–Kier alpha value is -3.06. The van der Waals surface area contributed by atoms with Gasteiger partial charge in [-0.1, -0.05) is 42.5 Å². The van der Waals surface area contributed by atoms with Crippen LogP contribution in [0.3, 0.4) is 0 Å². The van der Waals surface area contributed by atoms with Crippen LogP contribution >= 0.6 is 0 Å². The van der Waals surface area contributed by atoms with Gasteiger partial charge in [-0.3, -0.25) is 10.1 Å². The van der Waals surface area contributed by atoms with Crippen LogP contribution in [-0.4, -0.2) is 44.7 Å². The highest BCUT2D eigenvalue weighted by Crippen LogP contribution is 2.31. The molecule has 0 aromatic heterocycles. The summed E-state index contributed by atoms with van der Waals surface area (Å²) in [5, 5.41) is 5.02. The number of urea groups is 1. The summed E-state index contributed by atoms with van der Waals surface area (Å²) in [6.07, 6.45) is 0.210. The second-order valence-corrected chi connectivity index (χ2v) is 6.36. The number of nitrogens with zero attached hydrogens (tertiary/aromatic N) is 1. The summed E-state index contributed by atoms with van der Waals surface area (Å²) in [5.74, 6) is 1.03. The Morgan fingerprint density at radius 3 is 2.43 bits per heavy atom. The topological polar surface area (TPSA) is 79.9 Å². The molecule has 0 radical (unpaired) electrons. The van der Waals surface area contributed by atoms with Gasteiger partial charge in [-0.05, 0) is 18.7 Å². The summed E-state index contributed by atoms with van der Waals surface area (Å²) < 4.78 is 10.7. The molecule has 0 atom stereocenters. The summed E-state index contributed by atoms with van der Waals surface area (Å²) >= 11 is 0. The largest absolute Gasteiger partial charge is 0.493 e. The van der Waals surface area contributed by atoms with Gasteiger partial charge in [-0.2, -0.15) is 0 Å². The van der Waals surface area contributed by atoms with Crippen molar-refractivity contribution < 1.29 is 19.1 Å². The van der Waals surface area contributed by atoms with Gasteiger partial charge >= 0.3 is 6.03 Å². The fourth-order valence-electron chi connectivity index (χ4n) is 2.75. The minimum absolute atomic E-state index is 0.210. The summed E-state index contributed by atoms with van der Waals surface area (Å²) in [6.45, 7) is 1.46. The van der Waals surface area contributed by atoms with Crippen molar-refractivity contribution in [1.82, 2.24) is 15.5 Å². The first-order chi connectivity index (χ1) is 13.5. The lowest BCUT2D eigenvalue weighted by Gasteiger charge is -2.19. The van der Waals surface area contributed by atoms with E-state index in [-0.39, 0.29) is 12.3 Å². The van der Waals surface area contributed by atoms with Gasteiger partial charge in [0.05, 0.1) is 14.2 Å². The first kappa shape index (κ1) is 21.2. The van der Waals surface area contributed by atoms with Crippen LogP contribution in [0.15, 0.2) is 48.5 Å². The molecule has 0 aliphatic heterocycles. The molecule has 0 unspecified atom stereocenters. The summed E-state index contributed by atoms with van der Waals surface area (Å²) in [7, 11) is 5.10. The number of ether oxygens (including phenoxy) is 2. The van der Waals surface area contributed by atoms with Gasteiger partial charge in [-0.15, -0.1) is 0 Å². The van der Waals surface area contributed by atoms with Gasteiger partial charge < -0.3 is 19.7 Å². The van der Waals surface area contributed by atoms with Gasteiger partial charge in [0.1, 0.15) is 0 Å². The zero-order chi connectivity index (χ0) is 20.4. The minimum atomic E-state index is -0.494. The van der Waals surface area contributed by atoms with E-state index in [9.17, 15) is 9.59 Å². The molecule has 0 fully saturated rings. The fraction of sp³-hybridized carbons (Fsp3) is 0.333. The third kappa shape index (κ3) is 6.59. The quantitative estimate of drug-likeness (QED) is 0.693. The van der Waals surface area contributed by atoms with Crippen LogP contribution in [0, 0.1) is 0 Å². The molecule has 0 spiro atoms. The molecular weight excluding hydrogens is 358 g/mol. The van der Waals surface area contributed by atoms with Crippen molar-refractivity contribution in [1.29, 1.82) is 0 Å². The Morgan fingerprint density at radius 1 is 1.00 bits per heavy atom. The first-order valence-electron chi connectivity index (χ1n) is 9.03. The average Bonchev–Trinajstić information content (AvgIpc) is 2.71. The van der Waals surface area contributed by atoms with E-state index >= 15 is 0 Å². The predicted molar refractivity (Wildman–Crippen MR) is 107 cm³/mol. The van der Waals surface area contributed by atoms with Gasteiger partial charge in [0.15, 0.2) is 11.5 Å². The molecule has 0 aliphatic rings. The minimum Gasteiger partial charge on any atom is -0.493 e. The molecule has 3 amide bonds. The molecule has 0 bridgehead atoms. The first-order valence-corrected chi connectivity index (χ1v) is 9.03. The summed E-state index contributed by atoms with van der Waals surface area (Å²) in [6, 6.07) is 14.7. The molecular formula is C21H27N3O4. The van der Waals surface area contributed by atoms with E-state index in [0.717, 1.165) is 11.1 Å². The van der Waals surface area contributed by atoms with Crippen molar-refractivity contribution in [3.8, 4) is 11.5 Å². The van der Waals surface area contributed by atoms with E-state index in [4.69, 9.17) is 9.47 Å². The number of imide groups is 1. The normalized spacial score (nSPS) is 10.4. The number of carbonyl (C=O) groups excluding carboxylic acids is 2. The third-order valence-corrected chi connectivity index (χ3v) is 4.19. The van der Waals surface area contributed by atoms with E-state index < -0.39 is 6.03 Å². The van der Waals surface area contributed by atoms with Gasteiger partial charge in [0, 0.05) is 31.6 Å². The number of benzene rings is 2. The van der Waals surface area contributed by atoms with Gasteiger partial charge in [0.2, 0.25) is 5.91 Å². The highest BCUT2D eigenvalue weighted by atomic mass is 16.5. The second-order valence-electron chi connectivity index (χ2n) is 6.36. The maximum atomic E-state index is 12.0. The molecule has 2 aromatic carbocycles. The maximum absolute atomic E-state index is 12.0. The SMILES string of the molecule is COc1cccc(CN(C)CCC(=O)NC(=O)NCc2ccccc2)c1OC. The van der Waals surface area contributed by atoms with Crippen molar-refractivity contribution >= 4 is 11.9 Å². The van der Waals surface area contributed by atoms with Crippen LogP contribution in [0.2, 0.25) is 0 Å². The molecule has 150 valence electrons. The molecule has 0 saturated heterocycles. The van der Waals surface area contributed by atoms with Crippen molar-refractivity contribution in [2.24, 2.45) is 0 Å². The zero-order valence-corrected chi connectivity index (χ0v) is 16.5. The summed E-state index contributed by atoms with van der Waals surface area (Å²) in [4.78, 5) is 25.8. The van der Waals surface area contributed by atoms with Gasteiger partial charge in [-0.25, -0.2) is 4.79 Å². The summed E-state index contributed by atoms with van der Waals surface area (Å²) in [5.41, 5.74) is 1.93. The molecule has 2 N–H and O–H groups in total. The van der Waals surface area contributed by atoms with Gasteiger partial charge in [0.25, 0.3) is 0 Å². The van der Waals surface area contributed by atoms with E-state index in [1.165, 1.54) is 0 Å². The molecule has 0 saturated carbocycles.